The summed E-state index contributed by atoms with van der Waals surface area (Å²) < 4.78 is 11.4. The summed E-state index contributed by atoms with van der Waals surface area (Å²) in [7, 11) is 0. The monoisotopic (exact) mass is 288 g/mol. The van der Waals surface area contributed by atoms with Crippen LogP contribution in [0.4, 0.5) is 0 Å². The summed E-state index contributed by atoms with van der Waals surface area (Å²) in [6, 6.07) is 7.72. The first-order valence-corrected chi connectivity index (χ1v) is 7.65. The van der Waals surface area contributed by atoms with Gasteiger partial charge in [0.1, 0.15) is 6.61 Å². The van der Waals surface area contributed by atoms with E-state index in [0.717, 1.165) is 25.9 Å². The maximum absolute atomic E-state index is 12.6. The molecule has 1 aromatic rings. The van der Waals surface area contributed by atoms with Crippen molar-refractivity contribution < 1.29 is 14.3 Å². The molecule has 5 nitrogen and oxygen atoms in total. The van der Waals surface area contributed by atoms with Crippen LogP contribution in [-0.2, 0) is 4.79 Å². The summed E-state index contributed by atoms with van der Waals surface area (Å²) in [6.45, 7) is 1.87. The average molecular weight is 288 g/mol. The fraction of sp³-hybridized carbons (Fsp3) is 0.562. The molecule has 0 aromatic heterocycles. The molecule has 1 amide bonds. The van der Waals surface area contributed by atoms with E-state index in [1.807, 2.05) is 29.2 Å². The van der Waals surface area contributed by atoms with Crippen molar-refractivity contribution in [1.29, 1.82) is 0 Å². The molecular formula is C16H20N2O3. The summed E-state index contributed by atoms with van der Waals surface area (Å²) in [4.78, 5) is 14.5. The molecule has 2 N–H and O–H groups in total. The second kappa shape index (κ2) is 4.91. The quantitative estimate of drug-likeness (QED) is 0.838. The smallest absolute Gasteiger partial charge is 0.267 e. The van der Waals surface area contributed by atoms with Crippen LogP contribution in [0.25, 0.3) is 0 Å². The van der Waals surface area contributed by atoms with Crippen LogP contribution < -0.4 is 15.2 Å². The zero-order valence-electron chi connectivity index (χ0n) is 11.9. The second-order valence-electron chi connectivity index (χ2n) is 6.27. The number of carbonyl (C=O) groups is 1. The van der Waals surface area contributed by atoms with E-state index in [1.165, 1.54) is 0 Å². The van der Waals surface area contributed by atoms with E-state index in [4.69, 9.17) is 15.2 Å². The van der Waals surface area contributed by atoms with E-state index < -0.39 is 6.10 Å². The average Bonchev–Trinajstić information content (AvgIpc) is 3.08. The Morgan fingerprint density at radius 2 is 2.00 bits per heavy atom. The van der Waals surface area contributed by atoms with Crippen molar-refractivity contribution in [3.05, 3.63) is 24.3 Å². The van der Waals surface area contributed by atoms with Gasteiger partial charge in [-0.2, -0.15) is 0 Å². The van der Waals surface area contributed by atoms with Crippen molar-refractivity contribution in [3.63, 3.8) is 0 Å². The van der Waals surface area contributed by atoms with Gasteiger partial charge in [-0.1, -0.05) is 12.1 Å². The van der Waals surface area contributed by atoms with Crippen molar-refractivity contribution >= 4 is 5.91 Å². The lowest BCUT2D eigenvalue weighted by Gasteiger charge is -2.29. The summed E-state index contributed by atoms with van der Waals surface area (Å²) >= 11 is 0. The van der Waals surface area contributed by atoms with Gasteiger partial charge in [-0.3, -0.25) is 4.79 Å². The topological polar surface area (TPSA) is 64.8 Å². The largest absolute Gasteiger partial charge is 0.485 e. The zero-order valence-corrected chi connectivity index (χ0v) is 11.9. The van der Waals surface area contributed by atoms with Crippen molar-refractivity contribution in [1.82, 2.24) is 4.90 Å². The lowest BCUT2D eigenvalue weighted by atomic mass is 9.98. The molecule has 1 aromatic carbocycles. The predicted octanol–water partition coefficient (Wildman–Crippen LogP) is 1.02. The van der Waals surface area contributed by atoms with E-state index in [2.05, 4.69) is 0 Å². The van der Waals surface area contributed by atoms with Crippen LogP contribution in [0.1, 0.15) is 12.8 Å². The van der Waals surface area contributed by atoms with Crippen LogP contribution in [-0.4, -0.2) is 42.6 Å². The molecule has 1 aliphatic carbocycles. The molecule has 0 radical (unpaired) electrons. The molecule has 4 unspecified atom stereocenters. The Balaban J connectivity index is 1.45. The van der Waals surface area contributed by atoms with Crippen molar-refractivity contribution in [2.75, 3.05) is 19.7 Å². The third-order valence-corrected chi connectivity index (χ3v) is 5.01. The summed E-state index contributed by atoms with van der Waals surface area (Å²) in [5.74, 6) is 2.43. The normalized spacial score (nSPS) is 33.9. The van der Waals surface area contributed by atoms with E-state index in [9.17, 15) is 4.79 Å². The third-order valence-electron chi connectivity index (χ3n) is 5.01. The lowest BCUT2D eigenvalue weighted by molar-refractivity contribution is -0.140. The minimum atomic E-state index is -0.532. The Labute approximate surface area is 124 Å². The SMILES string of the molecule is NC1CCC2CN(C(=O)C3COc4ccccc4O3)CC12. The molecule has 4 atom stereocenters. The molecule has 5 heteroatoms. The van der Waals surface area contributed by atoms with Crippen molar-refractivity contribution in [2.24, 2.45) is 17.6 Å². The lowest BCUT2D eigenvalue weighted by Crippen LogP contribution is -2.46. The standard InChI is InChI=1S/C16H20N2O3/c17-12-6-5-10-7-18(8-11(10)12)16(19)15-9-20-13-3-1-2-4-14(13)21-15/h1-4,10-12,15H,5-9,17H2. The molecule has 1 saturated carbocycles. The number of benzene rings is 1. The van der Waals surface area contributed by atoms with Gasteiger partial charge >= 0.3 is 0 Å². The molecule has 2 aliphatic heterocycles. The second-order valence-corrected chi connectivity index (χ2v) is 6.27. The van der Waals surface area contributed by atoms with Crippen LogP contribution in [0.3, 0.4) is 0 Å². The Hall–Kier alpha value is -1.75. The van der Waals surface area contributed by atoms with Gasteiger partial charge in [-0.05, 0) is 36.8 Å². The Bertz CT molecular complexity index is 562. The highest BCUT2D eigenvalue weighted by atomic mass is 16.6. The fourth-order valence-corrected chi connectivity index (χ4v) is 3.83. The highest BCUT2D eigenvalue weighted by Crippen LogP contribution is 2.38. The fourth-order valence-electron chi connectivity index (χ4n) is 3.83. The van der Waals surface area contributed by atoms with Crippen LogP contribution in [0.15, 0.2) is 24.3 Å². The molecular weight excluding hydrogens is 268 g/mol. The number of nitrogens with zero attached hydrogens (tertiary/aromatic N) is 1. The molecule has 2 heterocycles. The first-order valence-electron chi connectivity index (χ1n) is 7.65. The summed E-state index contributed by atoms with van der Waals surface area (Å²) in [6.07, 6.45) is 1.70. The number of amides is 1. The Morgan fingerprint density at radius 3 is 2.81 bits per heavy atom. The summed E-state index contributed by atoms with van der Waals surface area (Å²) in [5.41, 5.74) is 6.13. The molecule has 3 aliphatic rings. The predicted molar refractivity (Wildman–Crippen MR) is 77.1 cm³/mol. The highest BCUT2D eigenvalue weighted by molar-refractivity contribution is 5.82. The van der Waals surface area contributed by atoms with Gasteiger partial charge in [-0.15, -0.1) is 0 Å². The number of para-hydroxylation sites is 2. The molecule has 2 fully saturated rings. The number of rotatable bonds is 1. The van der Waals surface area contributed by atoms with Crippen LogP contribution in [0.2, 0.25) is 0 Å². The third kappa shape index (κ3) is 2.16. The zero-order chi connectivity index (χ0) is 14.4. The van der Waals surface area contributed by atoms with E-state index in [0.29, 0.717) is 23.3 Å². The van der Waals surface area contributed by atoms with Crippen molar-refractivity contribution in [3.8, 4) is 11.5 Å². The Morgan fingerprint density at radius 1 is 1.19 bits per heavy atom. The molecule has 4 rings (SSSR count). The first kappa shape index (κ1) is 13.0. The van der Waals surface area contributed by atoms with Gasteiger partial charge in [0.15, 0.2) is 11.5 Å². The minimum Gasteiger partial charge on any atom is -0.485 e. The number of fused-ring (bicyclic) bond motifs is 2. The van der Waals surface area contributed by atoms with Crippen LogP contribution >= 0.6 is 0 Å². The number of ether oxygens (including phenoxy) is 2. The van der Waals surface area contributed by atoms with Gasteiger partial charge < -0.3 is 20.1 Å². The van der Waals surface area contributed by atoms with Crippen LogP contribution in [0, 0.1) is 11.8 Å². The Kier molecular flexibility index (Phi) is 3.03. The molecule has 21 heavy (non-hydrogen) atoms. The van der Waals surface area contributed by atoms with E-state index in [-0.39, 0.29) is 18.6 Å². The van der Waals surface area contributed by atoms with Crippen LogP contribution in [0.5, 0.6) is 11.5 Å². The molecule has 1 saturated heterocycles. The highest BCUT2D eigenvalue weighted by Gasteiger charge is 2.44. The number of hydrogen-bond acceptors (Lipinski definition) is 4. The van der Waals surface area contributed by atoms with Gasteiger partial charge in [0.25, 0.3) is 5.91 Å². The van der Waals surface area contributed by atoms with Gasteiger partial charge in [0, 0.05) is 19.1 Å². The number of nitrogens with two attached hydrogens (primary N) is 1. The molecule has 112 valence electrons. The maximum atomic E-state index is 12.6. The van der Waals surface area contributed by atoms with Gasteiger partial charge in [0.2, 0.25) is 6.10 Å². The van der Waals surface area contributed by atoms with E-state index in [1.54, 1.807) is 0 Å². The molecule has 0 spiro atoms. The number of likely N-dealkylation sites (tertiary alicyclic amines) is 1. The summed E-state index contributed by atoms with van der Waals surface area (Å²) in [5, 5.41) is 0. The maximum Gasteiger partial charge on any atom is 0.267 e. The van der Waals surface area contributed by atoms with Gasteiger partial charge in [-0.25, -0.2) is 0 Å². The minimum absolute atomic E-state index is 0.0334. The first-order chi connectivity index (χ1) is 10.2. The number of carbonyl (C=O) groups excluding carboxylic acids is 1. The van der Waals surface area contributed by atoms with E-state index >= 15 is 0 Å². The number of hydrogen-bond donors (Lipinski definition) is 1. The molecule has 0 bridgehead atoms. The van der Waals surface area contributed by atoms with Crippen molar-refractivity contribution in [2.45, 2.75) is 25.0 Å². The van der Waals surface area contributed by atoms with Gasteiger partial charge in [0.05, 0.1) is 0 Å².